The number of carbonyl (C=O) groups is 1. The van der Waals surface area contributed by atoms with Crippen LogP contribution in [0.2, 0.25) is 0 Å². The Labute approximate surface area is 47.7 Å². The summed E-state index contributed by atoms with van der Waals surface area (Å²) in [5.41, 5.74) is 0. The highest BCUT2D eigenvalue weighted by atomic mass is 35.5. The van der Waals surface area contributed by atoms with Crippen molar-refractivity contribution in [2.24, 2.45) is 0 Å². The van der Waals surface area contributed by atoms with E-state index in [1.807, 2.05) is 0 Å². The molecule has 0 fully saturated rings. The second kappa shape index (κ2) is 18.5. The van der Waals surface area contributed by atoms with Gasteiger partial charge in [0, 0.05) is 0 Å². The first-order chi connectivity index (χ1) is 2.73. The summed E-state index contributed by atoms with van der Waals surface area (Å²) >= 11 is 0. The lowest BCUT2D eigenvalue weighted by Crippen LogP contribution is -3.00. The van der Waals surface area contributed by atoms with Crippen LogP contribution in [0.3, 0.4) is 0 Å². The third kappa shape index (κ3) is 118. The summed E-state index contributed by atoms with van der Waals surface area (Å²) in [6, 6.07) is 0. The molecule has 0 aliphatic carbocycles. The first-order valence-electron chi connectivity index (χ1n) is 1.11. The van der Waals surface area contributed by atoms with Gasteiger partial charge in [0.05, 0.1) is 0 Å². The van der Waals surface area contributed by atoms with Crippen LogP contribution in [0.15, 0.2) is 13.2 Å². The molecule has 0 spiro atoms. The third-order valence-corrected chi connectivity index (χ3v) is 0. The molecule has 0 amide bonds. The Hall–Kier alpha value is -0.700. The second-order valence-electron chi connectivity index (χ2n) is 0.250. The number of hydrogen-bond donors (Lipinski definition) is 0. The van der Waals surface area contributed by atoms with E-state index >= 15 is 0 Å². The lowest BCUT2D eigenvalue weighted by molar-refractivity contribution is -0.415. The zero-order chi connectivity index (χ0) is 5.58. The van der Waals surface area contributed by atoms with Gasteiger partial charge in [0.1, 0.15) is 0 Å². The Morgan fingerprint density at radius 2 is 1.29 bits per heavy atom. The van der Waals surface area contributed by atoms with E-state index < -0.39 is 6.16 Å². The SMILES string of the molecule is C=C.O=C([O-])[O-].[Cl-]. The number of hydrogen-bond acceptors (Lipinski definition) is 3. The summed E-state index contributed by atoms with van der Waals surface area (Å²) in [4.78, 5) is 8.33. The molecule has 44 valence electrons. The van der Waals surface area contributed by atoms with Gasteiger partial charge >= 0.3 is 0 Å². The quantitative estimate of drug-likeness (QED) is 0.305. The molecular formula is C3H4ClO3-3. The van der Waals surface area contributed by atoms with Crippen LogP contribution in [-0.4, -0.2) is 6.16 Å². The Kier molecular flexibility index (Phi) is 43.0. The number of rotatable bonds is 0. The van der Waals surface area contributed by atoms with Gasteiger partial charge in [-0.3, -0.25) is 0 Å². The van der Waals surface area contributed by atoms with E-state index in [-0.39, 0.29) is 12.4 Å². The molecule has 0 unspecified atom stereocenters. The van der Waals surface area contributed by atoms with E-state index in [2.05, 4.69) is 13.2 Å². The summed E-state index contributed by atoms with van der Waals surface area (Å²) in [5.74, 6) is 0. The van der Waals surface area contributed by atoms with Crippen LogP contribution in [0.5, 0.6) is 0 Å². The van der Waals surface area contributed by atoms with Crippen LogP contribution in [0.1, 0.15) is 0 Å². The topological polar surface area (TPSA) is 63.2 Å². The molecule has 0 bridgehead atoms. The lowest BCUT2D eigenvalue weighted by Gasteiger charge is -1.96. The van der Waals surface area contributed by atoms with Crippen molar-refractivity contribution < 1.29 is 27.4 Å². The van der Waals surface area contributed by atoms with Gasteiger partial charge in [-0.15, -0.1) is 13.2 Å². The molecular weight excluding hydrogens is 119 g/mol. The van der Waals surface area contributed by atoms with Crippen molar-refractivity contribution in [1.29, 1.82) is 0 Å². The van der Waals surface area contributed by atoms with Crippen LogP contribution in [0.4, 0.5) is 4.79 Å². The fraction of sp³-hybridized carbons (Fsp3) is 0. The minimum Gasteiger partial charge on any atom is -1.00 e. The van der Waals surface area contributed by atoms with Crippen molar-refractivity contribution >= 4 is 6.16 Å². The molecule has 4 heteroatoms. The highest BCUT2D eigenvalue weighted by Gasteiger charge is 1.26. The minimum atomic E-state index is -2.33. The van der Waals surface area contributed by atoms with Crippen molar-refractivity contribution in [2.75, 3.05) is 0 Å². The summed E-state index contributed by atoms with van der Waals surface area (Å²) in [6.45, 7) is 6.00. The van der Waals surface area contributed by atoms with E-state index in [0.29, 0.717) is 0 Å². The van der Waals surface area contributed by atoms with Crippen LogP contribution in [-0.2, 0) is 0 Å². The van der Waals surface area contributed by atoms with E-state index in [1.54, 1.807) is 0 Å². The normalized spacial score (nSPS) is 4.00. The third-order valence-electron chi connectivity index (χ3n) is 0. The molecule has 0 heterocycles. The summed E-state index contributed by atoms with van der Waals surface area (Å²) < 4.78 is 0. The Balaban J connectivity index is -0.0000000480. The molecule has 0 saturated heterocycles. The Morgan fingerprint density at radius 3 is 1.29 bits per heavy atom. The van der Waals surface area contributed by atoms with Gasteiger partial charge in [-0.2, -0.15) is 0 Å². The first kappa shape index (κ1) is 16.3. The van der Waals surface area contributed by atoms with E-state index in [1.165, 1.54) is 0 Å². The fourth-order valence-electron chi connectivity index (χ4n) is 0. The predicted molar refractivity (Wildman–Crippen MR) is 16.7 cm³/mol. The Bertz CT molecular complexity index is 41.4. The predicted octanol–water partition coefficient (Wildman–Crippen LogP) is -4.64. The molecule has 0 rings (SSSR count). The first-order valence-corrected chi connectivity index (χ1v) is 1.11. The Morgan fingerprint density at radius 1 is 1.29 bits per heavy atom. The van der Waals surface area contributed by atoms with Crippen molar-refractivity contribution in [3.05, 3.63) is 13.2 Å². The monoisotopic (exact) mass is 123 g/mol. The maximum atomic E-state index is 8.33. The average molecular weight is 124 g/mol. The lowest BCUT2D eigenvalue weighted by atomic mass is 11.3. The molecule has 3 nitrogen and oxygen atoms in total. The van der Waals surface area contributed by atoms with Gasteiger partial charge in [-0.25, -0.2) is 0 Å². The van der Waals surface area contributed by atoms with E-state index in [0.717, 1.165) is 0 Å². The summed E-state index contributed by atoms with van der Waals surface area (Å²) in [6.07, 6.45) is -2.33. The van der Waals surface area contributed by atoms with Gasteiger partial charge in [0.15, 0.2) is 0 Å². The zero-order valence-corrected chi connectivity index (χ0v) is 4.27. The molecule has 0 aliphatic heterocycles. The van der Waals surface area contributed by atoms with Gasteiger partial charge in [-0.1, -0.05) is 0 Å². The summed E-state index contributed by atoms with van der Waals surface area (Å²) in [5, 5.41) is 16.7. The standard InChI is InChI=1S/C2H4.CH2O3.ClH/c1-2;2-1(3)4;/h1-2H2;(H2,2,3,4);1H/p-3. The smallest absolute Gasteiger partial charge is 0.0431 e. The second-order valence-corrected chi connectivity index (χ2v) is 0.250. The van der Waals surface area contributed by atoms with Crippen LogP contribution >= 0.6 is 0 Å². The molecule has 0 aromatic heterocycles. The number of halogens is 1. The minimum absolute atomic E-state index is 0. The zero-order valence-electron chi connectivity index (χ0n) is 3.52. The van der Waals surface area contributed by atoms with E-state index in [9.17, 15) is 0 Å². The van der Waals surface area contributed by atoms with Gasteiger partial charge in [0.2, 0.25) is 0 Å². The van der Waals surface area contributed by atoms with Gasteiger partial charge in [-0.05, 0) is 6.16 Å². The molecule has 0 N–H and O–H groups in total. The van der Waals surface area contributed by atoms with Crippen molar-refractivity contribution in [3.63, 3.8) is 0 Å². The maximum Gasteiger partial charge on any atom is -0.0431 e. The molecule has 0 radical (unpaired) electrons. The molecule has 0 aliphatic rings. The van der Waals surface area contributed by atoms with Crippen molar-refractivity contribution in [1.82, 2.24) is 0 Å². The van der Waals surface area contributed by atoms with Gasteiger partial charge in [0.25, 0.3) is 0 Å². The highest BCUT2D eigenvalue weighted by Crippen LogP contribution is 1.21. The maximum absolute atomic E-state index is 8.33. The van der Waals surface area contributed by atoms with Gasteiger partial charge < -0.3 is 27.4 Å². The number of carboxylic acid groups (broad SMARTS) is 2. The highest BCUT2D eigenvalue weighted by molar-refractivity contribution is 5.47. The van der Waals surface area contributed by atoms with Crippen LogP contribution < -0.4 is 22.6 Å². The molecule has 0 aromatic rings. The van der Waals surface area contributed by atoms with Crippen LogP contribution in [0.25, 0.3) is 0 Å². The largest absolute Gasteiger partial charge is 1.00 e. The molecule has 0 atom stereocenters. The van der Waals surface area contributed by atoms with E-state index in [4.69, 9.17) is 15.0 Å². The average Bonchev–Trinajstić information content (AvgIpc) is 1.41. The molecule has 7 heavy (non-hydrogen) atoms. The van der Waals surface area contributed by atoms with Crippen LogP contribution in [0, 0.1) is 0 Å². The van der Waals surface area contributed by atoms with Crippen molar-refractivity contribution in [3.8, 4) is 0 Å². The number of carbonyl (C=O) groups excluding carboxylic acids is 1. The fourth-order valence-corrected chi connectivity index (χ4v) is 0. The van der Waals surface area contributed by atoms with Crippen molar-refractivity contribution in [2.45, 2.75) is 0 Å². The molecule has 0 aromatic carbocycles. The summed E-state index contributed by atoms with van der Waals surface area (Å²) in [7, 11) is 0. The molecule has 0 saturated carbocycles.